The van der Waals surface area contributed by atoms with Gasteiger partial charge in [-0.15, -0.1) is 0 Å². The van der Waals surface area contributed by atoms with Gasteiger partial charge in [0.15, 0.2) is 0 Å². The number of carbonyl (C=O) groups excluding carboxylic acids is 3. The highest BCUT2D eigenvalue weighted by Gasteiger charge is 2.15. The molecule has 0 fully saturated rings. The van der Waals surface area contributed by atoms with E-state index in [0.717, 1.165) is 0 Å². The Morgan fingerprint density at radius 3 is 2.05 bits per heavy atom. The fraction of sp³-hybridized carbons (Fsp3) is 0. The van der Waals surface area contributed by atoms with E-state index in [2.05, 4.69) is 10.6 Å². The minimum Gasteiger partial charge on any atom is -0.506 e. The van der Waals surface area contributed by atoms with Gasteiger partial charge >= 0.3 is 11.8 Å². The number of phenols is 1. The quantitative estimate of drug-likeness (QED) is 0.500. The van der Waals surface area contributed by atoms with Crippen molar-refractivity contribution in [2.75, 3.05) is 10.6 Å². The zero-order valence-corrected chi connectivity index (χ0v) is 11.4. The first-order valence-corrected chi connectivity index (χ1v) is 6.27. The molecular formula is C15H13N3O4. The van der Waals surface area contributed by atoms with E-state index in [0.29, 0.717) is 5.69 Å². The number of aromatic hydroxyl groups is 1. The van der Waals surface area contributed by atoms with E-state index >= 15 is 0 Å². The number of benzene rings is 2. The Balaban J connectivity index is 2.01. The normalized spacial score (nSPS) is 9.82. The molecule has 7 heteroatoms. The average Bonchev–Trinajstić information content (AvgIpc) is 2.50. The van der Waals surface area contributed by atoms with E-state index in [1.807, 2.05) is 0 Å². The Hall–Kier alpha value is -3.35. The van der Waals surface area contributed by atoms with Gasteiger partial charge < -0.3 is 21.5 Å². The number of anilines is 2. The van der Waals surface area contributed by atoms with Crippen LogP contribution in [-0.2, 0) is 9.59 Å². The van der Waals surface area contributed by atoms with Crippen LogP contribution in [0.1, 0.15) is 10.4 Å². The zero-order chi connectivity index (χ0) is 16.1. The van der Waals surface area contributed by atoms with Gasteiger partial charge in [-0.1, -0.05) is 12.1 Å². The number of phenolic OH excluding ortho intramolecular Hbond substituents is 1. The van der Waals surface area contributed by atoms with E-state index in [-0.39, 0.29) is 17.0 Å². The van der Waals surface area contributed by atoms with Crippen LogP contribution in [0, 0.1) is 0 Å². The summed E-state index contributed by atoms with van der Waals surface area (Å²) in [7, 11) is 0. The van der Waals surface area contributed by atoms with Crippen LogP contribution in [0.4, 0.5) is 11.4 Å². The molecule has 0 aliphatic rings. The highest BCUT2D eigenvalue weighted by molar-refractivity contribution is 6.43. The summed E-state index contributed by atoms with van der Waals surface area (Å²) >= 11 is 0. The van der Waals surface area contributed by atoms with Crippen LogP contribution in [0.15, 0.2) is 48.5 Å². The number of hydrogen-bond acceptors (Lipinski definition) is 4. The second-order valence-electron chi connectivity index (χ2n) is 4.37. The van der Waals surface area contributed by atoms with Crippen molar-refractivity contribution < 1.29 is 19.5 Å². The molecule has 0 spiro atoms. The molecule has 2 rings (SSSR count). The lowest BCUT2D eigenvalue weighted by Gasteiger charge is -2.08. The smallest absolute Gasteiger partial charge is 0.314 e. The fourth-order valence-electron chi connectivity index (χ4n) is 1.66. The molecule has 5 N–H and O–H groups in total. The lowest BCUT2D eigenvalue weighted by Crippen LogP contribution is -2.29. The number of rotatable bonds is 3. The summed E-state index contributed by atoms with van der Waals surface area (Å²) in [6.45, 7) is 0. The maximum absolute atomic E-state index is 11.8. The maximum atomic E-state index is 11.8. The van der Waals surface area contributed by atoms with Gasteiger partial charge in [0, 0.05) is 11.3 Å². The van der Waals surface area contributed by atoms with Gasteiger partial charge in [-0.25, -0.2) is 0 Å². The first kappa shape index (κ1) is 15.0. The third-order valence-corrected chi connectivity index (χ3v) is 2.79. The predicted octanol–water partition coefficient (Wildman–Crippen LogP) is 1.07. The molecule has 2 aromatic carbocycles. The standard InChI is InChI=1S/C15H13N3O4/c16-13(20)9-5-7-10(8-6-9)17-14(21)15(22)18-11-3-1-2-4-12(11)19/h1-8,19H,(H2,16,20)(H,17,21)(H,18,22). The Morgan fingerprint density at radius 2 is 1.45 bits per heavy atom. The Labute approximate surface area is 125 Å². The Kier molecular flexibility index (Phi) is 4.38. The van der Waals surface area contributed by atoms with Gasteiger partial charge in [0.25, 0.3) is 0 Å². The molecule has 0 aromatic heterocycles. The topological polar surface area (TPSA) is 122 Å². The second-order valence-corrected chi connectivity index (χ2v) is 4.37. The number of para-hydroxylation sites is 2. The number of primary amides is 1. The molecule has 0 radical (unpaired) electrons. The SMILES string of the molecule is NC(=O)c1ccc(NC(=O)C(=O)Nc2ccccc2O)cc1. The highest BCUT2D eigenvalue weighted by atomic mass is 16.3. The molecule has 22 heavy (non-hydrogen) atoms. The summed E-state index contributed by atoms with van der Waals surface area (Å²) < 4.78 is 0. The van der Waals surface area contributed by atoms with Gasteiger partial charge in [-0.2, -0.15) is 0 Å². The molecule has 0 unspecified atom stereocenters. The van der Waals surface area contributed by atoms with E-state index < -0.39 is 17.7 Å². The minimum atomic E-state index is -0.930. The molecule has 0 aliphatic carbocycles. The van der Waals surface area contributed by atoms with Crippen molar-refractivity contribution in [2.45, 2.75) is 0 Å². The average molecular weight is 299 g/mol. The van der Waals surface area contributed by atoms with Crippen molar-refractivity contribution in [3.05, 3.63) is 54.1 Å². The fourth-order valence-corrected chi connectivity index (χ4v) is 1.66. The van der Waals surface area contributed by atoms with Crippen LogP contribution < -0.4 is 16.4 Å². The van der Waals surface area contributed by atoms with Crippen LogP contribution in [0.5, 0.6) is 5.75 Å². The third-order valence-electron chi connectivity index (χ3n) is 2.79. The molecule has 0 aliphatic heterocycles. The van der Waals surface area contributed by atoms with Crippen LogP contribution in [0.2, 0.25) is 0 Å². The lowest BCUT2D eigenvalue weighted by atomic mass is 10.2. The third kappa shape index (κ3) is 3.60. The highest BCUT2D eigenvalue weighted by Crippen LogP contribution is 2.21. The van der Waals surface area contributed by atoms with Crippen molar-refractivity contribution >= 4 is 29.1 Å². The number of carbonyl (C=O) groups is 3. The number of hydrogen-bond donors (Lipinski definition) is 4. The largest absolute Gasteiger partial charge is 0.506 e. The summed E-state index contributed by atoms with van der Waals surface area (Å²) in [5.41, 5.74) is 5.85. The number of amides is 3. The predicted molar refractivity (Wildman–Crippen MR) is 80.3 cm³/mol. The summed E-state index contributed by atoms with van der Waals surface area (Å²) in [5, 5.41) is 14.2. The first-order chi connectivity index (χ1) is 10.5. The number of nitrogens with two attached hydrogens (primary N) is 1. The van der Waals surface area contributed by atoms with Crippen LogP contribution in [0.25, 0.3) is 0 Å². The Bertz CT molecular complexity index is 726. The molecule has 0 heterocycles. The lowest BCUT2D eigenvalue weighted by molar-refractivity contribution is -0.133. The van der Waals surface area contributed by atoms with Gasteiger partial charge in [0.1, 0.15) is 5.75 Å². The van der Waals surface area contributed by atoms with Crippen molar-refractivity contribution in [3.8, 4) is 5.75 Å². The summed E-state index contributed by atoms with van der Waals surface area (Å²) in [6.07, 6.45) is 0. The molecular weight excluding hydrogens is 286 g/mol. The number of nitrogens with one attached hydrogen (secondary N) is 2. The first-order valence-electron chi connectivity index (χ1n) is 6.27. The van der Waals surface area contributed by atoms with Crippen molar-refractivity contribution in [1.82, 2.24) is 0 Å². The van der Waals surface area contributed by atoms with E-state index in [4.69, 9.17) is 5.73 Å². The van der Waals surface area contributed by atoms with Crippen LogP contribution in [-0.4, -0.2) is 22.8 Å². The molecule has 0 saturated heterocycles. The van der Waals surface area contributed by atoms with E-state index in [9.17, 15) is 19.5 Å². The van der Waals surface area contributed by atoms with Crippen molar-refractivity contribution in [1.29, 1.82) is 0 Å². The molecule has 2 aromatic rings. The van der Waals surface area contributed by atoms with Gasteiger partial charge in [0.2, 0.25) is 5.91 Å². The van der Waals surface area contributed by atoms with Gasteiger partial charge in [-0.05, 0) is 36.4 Å². The molecule has 112 valence electrons. The molecule has 0 atom stereocenters. The zero-order valence-electron chi connectivity index (χ0n) is 11.4. The van der Waals surface area contributed by atoms with E-state index in [1.54, 1.807) is 12.1 Å². The maximum Gasteiger partial charge on any atom is 0.314 e. The minimum absolute atomic E-state index is 0.131. The van der Waals surface area contributed by atoms with Crippen molar-refractivity contribution in [3.63, 3.8) is 0 Å². The Morgan fingerprint density at radius 1 is 0.864 bits per heavy atom. The van der Waals surface area contributed by atoms with Gasteiger partial charge in [0.05, 0.1) is 5.69 Å². The monoisotopic (exact) mass is 299 g/mol. The van der Waals surface area contributed by atoms with Gasteiger partial charge in [-0.3, -0.25) is 14.4 Å². The molecule has 7 nitrogen and oxygen atoms in total. The van der Waals surface area contributed by atoms with Crippen LogP contribution >= 0.6 is 0 Å². The summed E-state index contributed by atoms with van der Waals surface area (Å²) in [6, 6.07) is 11.8. The van der Waals surface area contributed by atoms with Crippen molar-refractivity contribution in [2.24, 2.45) is 5.73 Å². The molecule has 0 saturated carbocycles. The summed E-state index contributed by atoms with van der Waals surface area (Å²) in [4.78, 5) is 34.4. The molecule has 0 bridgehead atoms. The van der Waals surface area contributed by atoms with E-state index in [1.165, 1.54) is 36.4 Å². The molecule has 3 amide bonds. The summed E-state index contributed by atoms with van der Waals surface area (Å²) in [5.74, 6) is -2.57. The second kappa shape index (κ2) is 6.40. The van der Waals surface area contributed by atoms with Crippen LogP contribution in [0.3, 0.4) is 0 Å².